The van der Waals surface area contributed by atoms with Crippen LogP contribution in [0.25, 0.3) is 0 Å². The molecule has 0 aliphatic heterocycles. The number of hydrogen-bond acceptors (Lipinski definition) is 4. The maximum atomic E-state index is 10.8. The van der Waals surface area contributed by atoms with Crippen LogP contribution in [0.2, 0.25) is 0 Å². The summed E-state index contributed by atoms with van der Waals surface area (Å²) in [7, 11) is 1.26. The molecule has 15 heavy (non-hydrogen) atoms. The van der Waals surface area contributed by atoms with Crippen LogP contribution in [0.3, 0.4) is 0 Å². The maximum Gasteiger partial charge on any atom is 0.406 e. The minimum Gasteiger partial charge on any atom is -0.460 e. The van der Waals surface area contributed by atoms with Crippen molar-refractivity contribution in [1.82, 2.24) is 5.32 Å². The lowest BCUT2D eigenvalue weighted by Gasteiger charge is -2.04. The first-order valence-corrected chi connectivity index (χ1v) is 3.72. The molecule has 0 fully saturated rings. The van der Waals surface area contributed by atoms with Crippen LogP contribution < -0.4 is 5.32 Å². The number of carbonyl (C=O) groups excluding carboxylic acids is 2. The number of ether oxygens (including phenoxy) is 2. The zero-order chi connectivity index (χ0) is 10.3. The molecule has 0 rings (SSSR count). The Morgan fingerprint density at radius 3 is 2.27 bits per heavy atom. The van der Waals surface area contributed by atoms with Crippen molar-refractivity contribution in [3.8, 4) is 0 Å². The van der Waals surface area contributed by atoms with E-state index in [9.17, 15) is 9.59 Å². The molecule has 0 radical (unpaired) electrons. The first kappa shape index (κ1) is 19.1. The molecule has 0 atom stereocenters. The average Bonchev–Trinajstić information content (AvgIpc) is 2.11. The van der Waals surface area contributed by atoms with Gasteiger partial charge in [0.25, 0.3) is 0 Å². The lowest BCUT2D eigenvalue weighted by molar-refractivity contribution is -0.138. The highest BCUT2D eigenvalue weighted by Gasteiger charge is 2.02. The fraction of sp³-hybridized carbons (Fsp3) is 0.600. The smallest absolute Gasteiger partial charge is 0.406 e. The van der Waals surface area contributed by atoms with Gasteiger partial charge in [0.2, 0.25) is 0 Å². The standard InChI is InChI=1S/C8H13NO4.2CH4/c1-6(2)7(10)13-5-4-9-8(11)12-3;;/h1,4-5H2,2-3H3,(H,9,11);2*1H4. The fourth-order valence-corrected chi connectivity index (χ4v) is 0.492. The minimum atomic E-state index is -0.550. The summed E-state index contributed by atoms with van der Waals surface area (Å²) in [6.07, 6.45) is -0.550. The largest absolute Gasteiger partial charge is 0.460 e. The van der Waals surface area contributed by atoms with Gasteiger partial charge in [-0.15, -0.1) is 0 Å². The highest BCUT2D eigenvalue weighted by atomic mass is 16.5. The number of esters is 1. The summed E-state index contributed by atoms with van der Waals surface area (Å²) >= 11 is 0. The molecule has 0 bridgehead atoms. The van der Waals surface area contributed by atoms with Crippen LogP contribution in [0.4, 0.5) is 4.79 Å². The van der Waals surface area contributed by atoms with Gasteiger partial charge in [-0.1, -0.05) is 21.4 Å². The van der Waals surface area contributed by atoms with Gasteiger partial charge in [0.1, 0.15) is 6.61 Å². The van der Waals surface area contributed by atoms with Crippen molar-refractivity contribution in [2.24, 2.45) is 0 Å². The molecule has 0 unspecified atom stereocenters. The topological polar surface area (TPSA) is 64.6 Å². The normalized spacial score (nSPS) is 7.60. The molecule has 0 aromatic carbocycles. The van der Waals surface area contributed by atoms with Gasteiger partial charge < -0.3 is 14.8 Å². The van der Waals surface area contributed by atoms with E-state index in [0.29, 0.717) is 5.57 Å². The van der Waals surface area contributed by atoms with Crippen molar-refractivity contribution in [1.29, 1.82) is 0 Å². The minimum absolute atomic E-state index is 0. The Balaban J connectivity index is -0.000000720. The fourth-order valence-electron chi connectivity index (χ4n) is 0.492. The van der Waals surface area contributed by atoms with E-state index in [0.717, 1.165) is 0 Å². The molecule has 0 aliphatic rings. The molecule has 0 aliphatic carbocycles. The van der Waals surface area contributed by atoms with Crippen LogP contribution in [0, 0.1) is 0 Å². The zero-order valence-electron chi connectivity index (χ0n) is 7.75. The zero-order valence-corrected chi connectivity index (χ0v) is 7.75. The predicted molar refractivity (Wildman–Crippen MR) is 59.6 cm³/mol. The quantitative estimate of drug-likeness (QED) is 0.444. The van der Waals surface area contributed by atoms with E-state index in [2.05, 4.69) is 21.4 Å². The maximum absolute atomic E-state index is 10.8. The van der Waals surface area contributed by atoms with Gasteiger partial charge >= 0.3 is 12.1 Å². The number of methoxy groups -OCH3 is 1. The molecule has 1 amide bonds. The monoisotopic (exact) mass is 219 g/mol. The number of amides is 1. The van der Waals surface area contributed by atoms with Crippen molar-refractivity contribution < 1.29 is 19.1 Å². The summed E-state index contributed by atoms with van der Waals surface area (Å²) in [5.41, 5.74) is 0.332. The van der Waals surface area contributed by atoms with E-state index >= 15 is 0 Å². The Morgan fingerprint density at radius 2 is 1.87 bits per heavy atom. The molecule has 1 N–H and O–H groups in total. The van der Waals surface area contributed by atoms with E-state index in [-0.39, 0.29) is 28.0 Å². The molecule has 0 spiro atoms. The van der Waals surface area contributed by atoms with E-state index in [1.165, 1.54) is 7.11 Å². The summed E-state index contributed by atoms with van der Waals surface area (Å²) in [6, 6.07) is 0. The first-order chi connectivity index (χ1) is 6.07. The summed E-state index contributed by atoms with van der Waals surface area (Å²) < 4.78 is 8.99. The number of rotatable bonds is 4. The molecule has 0 saturated heterocycles. The van der Waals surface area contributed by atoms with Crippen LogP contribution in [-0.4, -0.2) is 32.3 Å². The number of carbonyl (C=O) groups is 2. The number of hydrogen-bond donors (Lipinski definition) is 1. The molecule has 0 saturated carbocycles. The molecule has 5 nitrogen and oxygen atoms in total. The molecule has 90 valence electrons. The summed E-state index contributed by atoms with van der Waals surface area (Å²) in [6.45, 7) is 5.29. The third kappa shape index (κ3) is 10.4. The Kier molecular flexibility index (Phi) is 13.5. The Bertz CT molecular complexity index is 213. The molecule has 0 aromatic heterocycles. The molecule has 5 heteroatoms. The summed E-state index contributed by atoms with van der Waals surface area (Å²) in [4.78, 5) is 21.3. The third-order valence-corrected chi connectivity index (χ3v) is 1.14. The van der Waals surface area contributed by atoms with Gasteiger partial charge in [-0.05, 0) is 6.92 Å². The molecular formula is C10H21NO4. The SMILES string of the molecule is C.C.C=C(C)C(=O)OCCNC(=O)OC. The van der Waals surface area contributed by atoms with Crippen molar-refractivity contribution in [3.05, 3.63) is 12.2 Å². The average molecular weight is 219 g/mol. The lowest BCUT2D eigenvalue weighted by Crippen LogP contribution is -2.27. The van der Waals surface area contributed by atoms with Gasteiger partial charge in [-0.3, -0.25) is 0 Å². The third-order valence-electron chi connectivity index (χ3n) is 1.14. The van der Waals surface area contributed by atoms with Gasteiger partial charge in [-0.2, -0.15) is 0 Å². The second-order valence-corrected chi connectivity index (χ2v) is 2.33. The van der Waals surface area contributed by atoms with Gasteiger partial charge in [0, 0.05) is 5.57 Å². The summed E-state index contributed by atoms with van der Waals surface area (Å²) in [5.74, 6) is -0.466. The van der Waals surface area contributed by atoms with Gasteiger partial charge in [-0.25, -0.2) is 9.59 Å². The van der Waals surface area contributed by atoms with E-state index in [4.69, 9.17) is 0 Å². The molecule has 0 aromatic rings. The molecular weight excluding hydrogens is 198 g/mol. The van der Waals surface area contributed by atoms with Crippen molar-refractivity contribution in [3.63, 3.8) is 0 Å². The highest BCUT2D eigenvalue weighted by molar-refractivity contribution is 5.86. The van der Waals surface area contributed by atoms with E-state index < -0.39 is 12.1 Å². The number of nitrogens with one attached hydrogen (secondary N) is 1. The first-order valence-electron chi connectivity index (χ1n) is 3.72. The van der Waals surface area contributed by atoms with Crippen molar-refractivity contribution in [2.45, 2.75) is 21.8 Å². The van der Waals surface area contributed by atoms with Crippen LogP contribution in [-0.2, 0) is 14.3 Å². The van der Waals surface area contributed by atoms with Crippen LogP contribution in [0.15, 0.2) is 12.2 Å². The van der Waals surface area contributed by atoms with Crippen LogP contribution >= 0.6 is 0 Å². The Labute approximate surface area is 91.4 Å². The Hall–Kier alpha value is -1.52. The van der Waals surface area contributed by atoms with E-state index in [1.807, 2.05) is 0 Å². The predicted octanol–water partition coefficient (Wildman–Crippen LogP) is 1.73. The Morgan fingerprint density at radius 1 is 1.33 bits per heavy atom. The van der Waals surface area contributed by atoms with Crippen molar-refractivity contribution >= 4 is 12.1 Å². The number of alkyl carbamates (subject to hydrolysis) is 1. The van der Waals surface area contributed by atoms with Crippen molar-refractivity contribution in [2.75, 3.05) is 20.3 Å². The highest BCUT2D eigenvalue weighted by Crippen LogP contribution is 1.90. The van der Waals surface area contributed by atoms with Gasteiger partial charge in [0.15, 0.2) is 0 Å². The van der Waals surface area contributed by atoms with Crippen LogP contribution in [0.1, 0.15) is 21.8 Å². The van der Waals surface area contributed by atoms with Gasteiger partial charge in [0.05, 0.1) is 13.7 Å². The second kappa shape index (κ2) is 10.6. The summed E-state index contributed by atoms with van der Waals surface area (Å²) in [5, 5.41) is 2.36. The second-order valence-electron chi connectivity index (χ2n) is 2.33. The van der Waals surface area contributed by atoms with Crippen LogP contribution in [0.5, 0.6) is 0 Å². The van der Waals surface area contributed by atoms with E-state index in [1.54, 1.807) is 6.92 Å². The molecule has 0 heterocycles. The lowest BCUT2D eigenvalue weighted by atomic mass is 10.4.